The zero-order valence-electron chi connectivity index (χ0n) is 16.3. The number of carbonyl (C=O) groups is 2. The maximum atomic E-state index is 12.7. The first-order chi connectivity index (χ1) is 14.1. The summed E-state index contributed by atoms with van der Waals surface area (Å²) in [6.45, 7) is 1.34. The van der Waals surface area contributed by atoms with E-state index in [1.165, 1.54) is 0 Å². The lowest BCUT2D eigenvalue weighted by atomic mass is 9.93. The normalized spacial score (nSPS) is 14.6. The van der Waals surface area contributed by atoms with Crippen LogP contribution >= 0.6 is 0 Å². The van der Waals surface area contributed by atoms with Crippen molar-refractivity contribution in [2.24, 2.45) is 0 Å². The predicted molar refractivity (Wildman–Crippen MR) is 110 cm³/mol. The Morgan fingerprint density at radius 3 is 2.55 bits per heavy atom. The molecule has 1 N–H and O–H groups in total. The van der Waals surface area contributed by atoms with Gasteiger partial charge in [0.2, 0.25) is 0 Å². The molecule has 1 saturated heterocycles. The highest BCUT2D eigenvalue weighted by Gasteiger charge is 2.27. The molecular formula is C22H23N5O2. The molecule has 1 aliphatic heterocycles. The molecule has 1 aromatic carbocycles. The van der Waals surface area contributed by atoms with Gasteiger partial charge in [-0.2, -0.15) is 5.10 Å². The molecule has 0 aliphatic carbocycles. The van der Waals surface area contributed by atoms with Crippen LogP contribution in [0.3, 0.4) is 0 Å². The van der Waals surface area contributed by atoms with Crippen LogP contribution in [0.15, 0.2) is 60.9 Å². The summed E-state index contributed by atoms with van der Waals surface area (Å²) in [6, 6.07) is 14.9. The van der Waals surface area contributed by atoms with E-state index in [0.29, 0.717) is 24.3 Å². The minimum absolute atomic E-state index is 0.0153. The van der Waals surface area contributed by atoms with Gasteiger partial charge in [-0.3, -0.25) is 19.7 Å². The lowest BCUT2D eigenvalue weighted by Crippen LogP contribution is -2.38. The van der Waals surface area contributed by atoms with E-state index >= 15 is 0 Å². The number of aromatic nitrogens is 3. The van der Waals surface area contributed by atoms with Gasteiger partial charge in [0.1, 0.15) is 0 Å². The van der Waals surface area contributed by atoms with Gasteiger partial charge in [0, 0.05) is 49.8 Å². The van der Waals surface area contributed by atoms with Gasteiger partial charge in [-0.15, -0.1) is 0 Å². The molecule has 0 spiro atoms. The molecule has 4 rings (SSSR count). The van der Waals surface area contributed by atoms with Crippen molar-refractivity contribution in [2.75, 3.05) is 25.0 Å². The number of H-pyrrole nitrogens is 1. The van der Waals surface area contributed by atoms with Crippen LogP contribution < -0.4 is 4.90 Å². The van der Waals surface area contributed by atoms with E-state index in [0.717, 1.165) is 24.2 Å². The van der Waals surface area contributed by atoms with E-state index in [2.05, 4.69) is 15.2 Å². The molecule has 29 heavy (non-hydrogen) atoms. The molecule has 1 fully saturated rings. The summed E-state index contributed by atoms with van der Waals surface area (Å²) >= 11 is 0. The van der Waals surface area contributed by atoms with Crippen LogP contribution in [-0.4, -0.2) is 52.0 Å². The zero-order chi connectivity index (χ0) is 20.2. The number of carbonyl (C=O) groups excluding carboxylic acids is 2. The molecule has 7 nitrogen and oxygen atoms in total. The molecule has 0 unspecified atom stereocenters. The van der Waals surface area contributed by atoms with Gasteiger partial charge in [0.15, 0.2) is 5.69 Å². The van der Waals surface area contributed by atoms with Gasteiger partial charge >= 0.3 is 0 Å². The van der Waals surface area contributed by atoms with Crippen LogP contribution in [-0.2, 0) is 0 Å². The number of likely N-dealkylation sites (tertiary alicyclic amines) is 1. The molecule has 3 aromatic rings. The molecule has 0 atom stereocenters. The number of nitrogens with one attached hydrogen (secondary N) is 1. The number of para-hydroxylation sites is 1. The van der Waals surface area contributed by atoms with E-state index in [9.17, 15) is 9.59 Å². The van der Waals surface area contributed by atoms with Crippen LogP contribution in [0.2, 0.25) is 0 Å². The third kappa shape index (κ3) is 4.03. The monoisotopic (exact) mass is 389 g/mol. The van der Waals surface area contributed by atoms with Crippen molar-refractivity contribution >= 4 is 17.5 Å². The van der Waals surface area contributed by atoms with E-state index < -0.39 is 0 Å². The van der Waals surface area contributed by atoms with Crippen LogP contribution in [0.25, 0.3) is 0 Å². The molecule has 1 aliphatic rings. The summed E-state index contributed by atoms with van der Waals surface area (Å²) in [7, 11) is 1.74. The van der Waals surface area contributed by atoms with Crippen molar-refractivity contribution in [3.8, 4) is 0 Å². The van der Waals surface area contributed by atoms with E-state index in [-0.39, 0.29) is 17.7 Å². The molecule has 148 valence electrons. The number of pyridine rings is 1. The summed E-state index contributed by atoms with van der Waals surface area (Å²) in [5, 5.41) is 7.26. The number of hydrogen-bond donors (Lipinski definition) is 1. The molecule has 7 heteroatoms. The third-order valence-corrected chi connectivity index (χ3v) is 5.40. The van der Waals surface area contributed by atoms with E-state index in [1.807, 2.05) is 41.3 Å². The Balaban J connectivity index is 1.38. The number of aromatic amines is 1. The number of anilines is 1. The first kappa shape index (κ1) is 18.9. The van der Waals surface area contributed by atoms with Crippen molar-refractivity contribution < 1.29 is 9.59 Å². The minimum Gasteiger partial charge on any atom is -0.339 e. The highest BCUT2D eigenvalue weighted by atomic mass is 16.2. The Labute approximate surface area is 169 Å². The minimum atomic E-state index is -0.150. The quantitative estimate of drug-likeness (QED) is 0.743. The summed E-state index contributed by atoms with van der Waals surface area (Å²) in [5.74, 6) is 0.119. The molecule has 2 amide bonds. The summed E-state index contributed by atoms with van der Waals surface area (Å²) in [5.41, 5.74) is 2.79. The van der Waals surface area contributed by atoms with Gasteiger partial charge in [0.05, 0.1) is 5.56 Å². The third-order valence-electron chi connectivity index (χ3n) is 5.40. The molecule has 0 bridgehead atoms. The summed E-state index contributed by atoms with van der Waals surface area (Å²) in [4.78, 5) is 32.8. The summed E-state index contributed by atoms with van der Waals surface area (Å²) in [6.07, 6.45) is 4.92. The number of piperidine rings is 1. The van der Waals surface area contributed by atoms with Crippen molar-refractivity contribution in [1.82, 2.24) is 20.1 Å². The molecular weight excluding hydrogens is 366 g/mol. The van der Waals surface area contributed by atoms with Crippen LogP contribution in [0.1, 0.15) is 45.3 Å². The van der Waals surface area contributed by atoms with Crippen LogP contribution in [0, 0.1) is 0 Å². The van der Waals surface area contributed by atoms with Crippen LogP contribution in [0.5, 0.6) is 0 Å². The molecule has 0 saturated carbocycles. The topological polar surface area (TPSA) is 82.2 Å². The summed E-state index contributed by atoms with van der Waals surface area (Å²) < 4.78 is 0. The Morgan fingerprint density at radius 2 is 1.86 bits per heavy atom. The van der Waals surface area contributed by atoms with Crippen molar-refractivity contribution in [3.05, 3.63) is 77.9 Å². The number of hydrogen-bond acceptors (Lipinski definition) is 4. The molecule has 0 radical (unpaired) electrons. The maximum Gasteiger partial charge on any atom is 0.278 e. The number of amides is 2. The average Bonchev–Trinajstić information content (AvgIpc) is 3.29. The second kappa shape index (κ2) is 8.26. The number of nitrogens with zero attached hydrogens (tertiary/aromatic N) is 4. The number of benzene rings is 1. The second-order valence-electron chi connectivity index (χ2n) is 7.22. The SMILES string of the molecule is CN(C(=O)c1cc(C2CCN(C(=O)c3cccnc3)CC2)[nH]n1)c1ccccc1. The Bertz CT molecular complexity index is 979. The Kier molecular flexibility index (Phi) is 5.37. The lowest BCUT2D eigenvalue weighted by Gasteiger charge is -2.31. The van der Waals surface area contributed by atoms with Gasteiger partial charge in [-0.05, 0) is 43.2 Å². The molecule has 2 aromatic heterocycles. The van der Waals surface area contributed by atoms with Gasteiger partial charge in [-0.25, -0.2) is 0 Å². The van der Waals surface area contributed by atoms with E-state index in [1.54, 1.807) is 36.5 Å². The molecule has 3 heterocycles. The smallest absolute Gasteiger partial charge is 0.278 e. The number of rotatable bonds is 4. The zero-order valence-corrected chi connectivity index (χ0v) is 16.3. The van der Waals surface area contributed by atoms with Gasteiger partial charge in [-0.1, -0.05) is 18.2 Å². The van der Waals surface area contributed by atoms with Crippen molar-refractivity contribution in [1.29, 1.82) is 0 Å². The Morgan fingerprint density at radius 1 is 1.10 bits per heavy atom. The lowest BCUT2D eigenvalue weighted by molar-refractivity contribution is 0.0711. The standard InChI is InChI=1S/C22H23N5O2/c1-26(18-7-3-2-4-8-18)22(29)20-14-19(24-25-20)16-9-12-27(13-10-16)21(28)17-6-5-11-23-15-17/h2-8,11,14-16H,9-10,12-13H2,1H3,(H,24,25). The maximum absolute atomic E-state index is 12.7. The highest BCUT2D eigenvalue weighted by Crippen LogP contribution is 2.28. The largest absolute Gasteiger partial charge is 0.339 e. The van der Waals surface area contributed by atoms with E-state index in [4.69, 9.17) is 0 Å². The van der Waals surface area contributed by atoms with Crippen LogP contribution in [0.4, 0.5) is 5.69 Å². The van der Waals surface area contributed by atoms with Crippen molar-refractivity contribution in [2.45, 2.75) is 18.8 Å². The van der Waals surface area contributed by atoms with Gasteiger partial charge in [0.25, 0.3) is 11.8 Å². The first-order valence-corrected chi connectivity index (χ1v) is 9.71. The first-order valence-electron chi connectivity index (χ1n) is 9.71. The highest BCUT2D eigenvalue weighted by molar-refractivity contribution is 6.04. The fourth-order valence-electron chi connectivity index (χ4n) is 3.66. The van der Waals surface area contributed by atoms with Crippen molar-refractivity contribution in [3.63, 3.8) is 0 Å². The predicted octanol–water partition coefficient (Wildman–Crippen LogP) is 3.10. The Hall–Kier alpha value is -3.48. The fourth-order valence-corrected chi connectivity index (χ4v) is 3.66. The fraction of sp³-hybridized carbons (Fsp3) is 0.273. The van der Waals surface area contributed by atoms with Gasteiger partial charge < -0.3 is 9.80 Å². The second-order valence-corrected chi connectivity index (χ2v) is 7.22. The average molecular weight is 389 g/mol.